The first-order valence-corrected chi connectivity index (χ1v) is 4.71. The Morgan fingerprint density at radius 3 is 2.71 bits per heavy atom. The number of terminal acetylenes is 1. The van der Waals surface area contributed by atoms with Gasteiger partial charge in [-0.2, -0.15) is 0 Å². The molecule has 0 unspecified atom stereocenters. The molecule has 1 aliphatic rings. The van der Waals surface area contributed by atoms with Crippen molar-refractivity contribution in [3.63, 3.8) is 0 Å². The average Bonchev–Trinajstić information content (AvgIpc) is 2.97. The van der Waals surface area contributed by atoms with Crippen LogP contribution in [0.15, 0.2) is 12.1 Å². The largest absolute Gasteiger partial charge is 0.481 e. The van der Waals surface area contributed by atoms with E-state index in [2.05, 4.69) is 17.0 Å². The summed E-state index contributed by atoms with van der Waals surface area (Å²) in [7, 11) is 1.63. The quantitative estimate of drug-likeness (QED) is 0.661. The maximum Gasteiger partial charge on any atom is 0.213 e. The fourth-order valence-corrected chi connectivity index (χ4v) is 1.66. The summed E-state index contributed by atoms with van der Waals surface area (Å²) >= 11 is 0. The normalized spacial score (nSPS) is 17.2. The van der Waals surface area contributed by atoms with Gasteiger partial charge in [0.25, 0.3) is 0 Å². The molecule has 2 heteroatoms. The van der Waals surface area contributed by atoms with E-state index in [4.69, 9.17) is 11.2 Å². The molecular weight excluding hydrogens is 174 g/mol. The second kappa shape index (κ2) is 3.02. The summed E-state index contributed by atoms with van der Waals surface area (Å²) in [5.41, 5.74) is 2.10. The lowest BCUT2D eigenvalue weighted by Gasteiger charge is -2.10. The van der Waals surface area contributed by atoms with E-state index in [1.165, 1.54) is 5.56 Å². The molecule has 0 aromatic carbocycles. The van der Waals surface area contributed by atoms with Gasteiger partial charge in [0.05, 0.1) is 12.5 Å². The summed E-state index contributed by atoms with van der Waals surface area (Å²) in [5.74, 6) is 3.52. The minimum Gasteiger partial charge on any atom is -0.481 e. The second-order valence-electron chi connectivity index (χ2n) is 3.77. The predicted octanol–water partition coefficient (Wildman–Crippen LogP) is 2.06. The van der Waals surface area contributed by atoms with E-state index in [0.29, 0.717) is 5.88 Å². The topological polar surface area (TPSA) is 22.1 Å². The van der Waals surface area contributed by atoms with Gasteiger partial charge in [-0.3, -0.25) is 0 Å². The van der Waals surface area contributed by atoms with Crippen molar-refractivity contribution in [3.05, 3.63) is 23.4 Å². The Labute approximate surface area is 84.3 Å². The van der Waals surface area contributed by atoms with Crippen LogP contribution in [0.2, 0.25) is 0 Å². The Hall–Kier alpha value is -1.49. The SMILES string of the molecule is C#CC1(c2cc(C)nc(OC)c2)CC1. The summed E-state index contributed by atoms with van der Waals surface area (Å²) in [6.45, 7) is 1.96. The Morgan fingerprint density at radius 2 is 2.21 bits per heavy atom. The van der Waals surface area contributed by atoms with Crippen LogP contribution in [0.25, 0.3) is 0 Å². The van der Waals surface area contributed by atoms with Crippen molar-refractivity contribution in [2.75, 3.05) is 7.11 Å². The van der Waals surface area contributed by atoms with Crippen molar-refractivity contribution in [3.8, 4) is 18.2 Å². The lowest BCUT2D eigenvalue weighted by atomic mass is 9.97. The minimum absolute atomic E-state index is 0.0268. The molecule has 72 valence electrons. The zero-order valence-corrected chi connectivity index (χ0v) is 8.50. The van der Waals surface area contributed by atoms with E-state index in [1.54, 1.807) is 7.11 Å². The first kappa shape index (κ1) is 9.08. The molecule has 2 nitrogen and oxygen atoms in total. The first-order valence-electron chi connectivity index (χ1n) is 4.71. The number of hydrogen-bond acceptors (Lipinski definition) is 2. The smallest absolute Gasteiger partial charge is 0.213 e. The molecular formula is C12H13NO. The molecule has 1 aliphatic carbocycles. The van der Waals surface area contributed by atoms with Crippen molar-refractivity contribution >= 4 is 0 Å². The summed E-state index contributed by atoms with van der Waals surface area (Å²) in [6, 6.07) is 4.00. The number of nitrogens with zero attached hydrogens (tertiary/aromatic N) is 1. The molecule has 0 radical (unpaired) electrons. The third-order valence-corrected chi connectivity index (χ3v) is 2.72. The maximum absolute atomic E-state index is 5.53. The number of ether oxygens (including phenoxy) is 1. The maximum atomic E-state index is 5.53. The van der Waals surface area contributed by atoms with Crippen LogP contribution in [0.4, 0.5) is 0 Å². The molecule has 1 aromatic rings. The van der Waals surface area contributed by atoms with E-state index < -0.39 is 0 Å². The molecule has 0 atom stereocenters. The molecule has 1 saturated carbocycles. The zero-order valence-electron chi connectivity index (χ0n) is 8.50. The molecule has 1 aromatic heterocycles. The van der Waals surface area contributed by atoms with Crippen LogP contribution in [0, 0.1) is 19.3 Å². The third-order valence-electron chi connectivity index (χ3n) is 2.72. The van der Waals surface area contributed by atoms with Crippen LogP contribution in [-0.2, 0) is 5.41 Å². The van der Waals surface area contributed by atoms with Crippen LogP contribution in [0.3, 0.4) is 0 Å². The van der Waals surface area contributed by atoms with E-state index >= 15 is 0 Å². The third kappa shape index (κ3) is 1.35. The van der Waals surface area contributed by atoms with Gasteiger partial charge in [0.1, 0.15) is 0 Å². The van der Waals surface area contributed by atoms with Gasteiger partial charge in [-0.15, -0.1) is 6.42 Å². The number of pyridine rings is 1. The fourth-order valence-electron chi connectivity index (χ4n) is 1.66. The highest BCUT2D eigenvalue weighted by Crippen LogP contribution is 2.48. The molecule has 2 rings (SSSR count). The first-order chi connectivity index (χ1) is 6.70. The van der Waals surface area contributed by atoms with Crippen LogP contribution >= 0.6 is 0 Å². The number of aryl methyl sites for hydroxylation is 1. The lowest BCUT2D eigenvalue weighted by molar-refractivity contribution is 0.396. The molecule has 14 heavy (non-hydrogen) atoms. The minimum atomic E-state index is -0.0268. The summed E-state index contributed by atoms with van der Waals surface area (Å²) in [5, 5.41) is 0. The molecule has 0 amide bonds. The molecule has 0 spiro atoms. The van der Waals surface area contributed by atoms with Crippen LogP contribution in [0.5, 0.6) is 5.88 Å². The van der Waals surface area contributed by atoms with Gasteiger partial charge in [0, 0.05) is 11.8 Å². The van der Waals surface area contributed by atoms with Crippen LogP contribution in [0.1, 0.15) is 24.1 Å². The van der Waals surface area contributed by atoms with Crippen LogP contribution < -0.4 is 4.74 Å². The molecule has 0 N–H and O–H groups in total. The second-order valence-corrected chi connectivity index (χ2v) is 3.77. The molecule has 0 saturated heterocycles. The van der Waals surface area contributed by atoms with E-state index in [9.17, 15) is 0 Å². The molecule has 1 fully saturated rings. The Morgan fingerprint density at radius 1 is 1.50 bits per heavy atom. The zero-order chi connectivity index (χ0) is 10.2. The average molecular weight is 187 g/mol. The van der Waals surface area contributed by atoms with Gasteiger partial charge >= 0.3 is 0 Å². The van der Waals surface area contributed by atoms with Gasteiger partial charge in [-0.05, 0) is 31.4 Å². The molecule has 0 aliphatic heterocycles. The van der Waals surface area contributed by atoms with Crippen molar-refractivity contribution in [1.29, 1.82) is 0 Å². The van der Waals surface area contributed by atoms with Gasteiger partial charge < -0.3 is 4.74 Å². The van der Waals surface area contributed by atoms with Gasteiger partial charge in [-0.1, -0.05) is 5.92 Å². The van der Waals surface area contributed by atoms with E-state index in [1.807, 2.05) is 13.0 Å². The highest BCUT2D eigenvalue weighted by atomic mass is 16.5. The van der Waals surface area contributed by atoms with Crippen molar-refractivity contribution in [1.82, 2.24) is 4.98 Å². The summed E-state index contributed by atoms with van der Waals surface area (Å²) < 4.78 is 5.12. The van der Waals surface area contributed by atoms with Gasteiger partial charge in [0.2, 0.25) is 5.88 Å². The predicted molar refractivity (Wildman–Crippen MR) is 55.3 cm³/mol. The van der Waals surface area contributed by atoms with E-state index in [-0.39, 0.29) is 5.41 Å². The summed E-state index contributed by atoms with van der Waals surface area (Å²) in [4.78, 5) is 4.24. The summed E-state index contributed by atoms with van der Waals surface area (Å²) in [6.07, 6.45) is 7.69. The molecule has 1 heterocycles. The van der Waals surface area contributed by atoms with Crippen molar-refractivity contribution < 1.29 is 4.74 Å². The number of aromatic nitrogens is 1. The Balaban J connectivity index is 2.45. The van der Waals surface area contributed by atoms with Gasteiger partial charge in [-0.25, -0.2) is 4.98 Å². The fraction of sp³-hybridized carbons (Fsp3) is 0.417. The van der Waals surface area contributed by atoms with E-state index in [0.717, 1.165) is 18.5 Å². The number of rotatable bonds is 2. The highest BCUT2D eigenvalue weighted by molar-refractivity contribution is 5.43. The molecule has 0 bridgehead atoms. The van der Waals surface area contributed by atoms with Gasteiger partial charge in [0.15, 0.2) is 0 Å². The number of methoxy groups -OCH3 is 1. The van der Waals surface area contributed by atoms with Crippen LogP contribution in [-0.4, -0.2) is 12.1 Å². The number of hydrogen-bond donors (Lipinski definition) is 0. The lowest BCUT2D eigenvalue weighted by Crippen LogP contribution is -2.04. The Kier molecular flexibility index (Phi) is 1.96. The monoisotopic (exact) mass is 187 g/mol. The Bertz CT molecular complexity index is 399. The van der Waals surface area contributed by atoms with Crippen molar-refractivity contribution in [2.45, 2.75) is 25.2 Å². The standard InChI is InChI=1S/C12H13NO/c1-4-12(5-6-12)10-7-9(2)13-11(8-10)14-3/h1,7-8H,5-6H2,2-3H3. The van der Waals surface area contributed by atoms with Crippen molar-refractivity contribution in [2.24, 2.45) is 0 Å². The highest BCUT2D eigenvalue weighted by Gasteiger charge is 2.43.